The molecule has 1 aliphatic heterocycles. The third kappa shape index (κ3) is 4.44. The van der Waals surface area contributed by atoms with Crippen LogP contribution in [0.15, 0.2) is 188 Å². The quantitative estimate of drug-likeness (QED) is 0.175. The predicted molar refractivity (Wildman–Crippen MR) is 207 cm³/mol. The Morgan fingerprint density at radius 1 is 0.440 bits per heavy atom. The molecule has 0 fully saturated rings. The highest BCUT2D eigenvalue weighted by atomic mass is 15.2. The first-order valence-electron chi connectivity index (χ1n) is 17.0. The molecule has 236 valence electrons. The van der Waals surface area contributed by atoms with Gasteiger partial charge in [-0.1, -0.05) is 146 Å². The summed E-state index contributed by atoms with van der Waals surface area (Å²) in [6, 6.07) is 61.9. The first-order valence-corrected chi connectivity index (χ1v) is 17.0. The zero-order valence-corrected chi connectivity index (χ0v) is 27.3. The third-order valence-electron chi connectivity index (χ3n) is 10.2. The molecule has 2 aliphatic rings. The van der Waals surface area contributed by atoms with Crippen molar-refractivity contribution in [3.05, 3.63) is 221 Å². The van der Waals surface area contributed by atoms with Crippen molar-refractivity contribution in [3.63, 3.8) is 0 Å². The molecule has 0 aromatic heterocycles. The standard InChI is InChI=1S/C47H33N3/c48-43(32-15-3-1-4-16-32)29-30-44(49)38-21-8-7-19-35(38)33-27-28-37-36-20-9-10-22-39(36)47(42(37)31-33)40-23-11-13-25-45(40)50(34-17-5-2-6-18-34)46-26-14-12-24-41(46)47/h1-31,48-49H/b30-29-,48-43?,49-44?. The summed E-state index contributed by atoms with van der Waals surface area (Å²) in [6.07, 6.45) is 3.46. The van der Waals surface area contributed by atoms with Crippen molar-refractivity contribution < 1.29 is 0 Å². The van der Waals surface area contributed by atoms with E-state index in [-0.39, 0.29) is 0 Å². The van der Waals surface area contributed by atoms with E-state index in [1.54, 1.807) is 12.2 Å². The summed E-state index contributed by atoms with van der Waals surface area (Å²) in [4.78, 5) is 2.40. The number of hydrogen-bond acceptors (Lipinski definition) is 3. The summed E-state index contributed by atoms with van der Waals surface area (Å²) in [6.45, 7) is 0. The second-order valence-electron chi connectivity index (χ2n) is 12.8. The van der Waals surface area contributed by atoms with Crippen molar-refractivity contribution >= 4 is 28.5 Å². The van der Waals surface area contributed by atoms with Crippen molar-refractivity contribution in [1.82, 2.24) is 0 Å². The lowest BCUT2D eigenvalue weighted by molar-refractivity contribution is 0.753. The van der Waals surface area contributed by atoms with Gasteiger partial charge in [0.2, 0.25) is 0 Å². The molecule has 1 aliphatic carbocycles. The lowest BCUT2D eigenvalue weighted by Gasteiger charge is -2.45. The van der Waals surface area contributed by atoms with Crippen molar-refractivity contribution in [3.8, 4) is 22.3 Å². The average molecular weight is 640 g/mol. The fourth-order valence-corrected chi connectivity index (χ4v) is 8.07. The Morgan fingerprint density at radius 2 is 0.960 bits per heavy atom. The van der Waals surface area contributed by atoms with Gasteiger partial charge in [-0.3, -0.25) is 0 Å². The van der Waals surface area contributed by atoms with Crippen molar-refractivity contribution in [2.45, 2.75) is 5.41 Å². The number of anilines is 3. The molecule has 0 bridgehead atoms. The van der Waals surface area contributed by atoms with Crippen LogP contribution >= 0.6 is 0 Å². The highest BCUT2D eigenvalue weighted by Crippen LogP contribution is 2.63. The maximum absolute atomic E-state index is 9.13. The highest BCUT2D eigenvalue weighted by molar-refractivity contribution is 6.16. The molecule has 1 heterocycles. The summed E-state index contributed by atoms with van der Waals surface area (Å²) < 4.78 is 0. The van der Waals surface area contributed by atoms with E-state index in [1.165, 1.54) is 44.8 Å². The van der Waals surface area contributed by atoms with E-state index in [2.05, 4.69) is 132 Å². The lowest BCUT2D eigenvalue weighted by Crippen LogP contribution is -2.36. The Hall–Kier alpha value is -6.58. The van der Waals surface area contributed by atoms with E-state index >= 15 is 0 Å². The number of rotatable bonds is 6. The van der Waals surface area contributed by atoms with Crippen LogP contribution in [0.3, 0.4) is 0 Å². The maximum atomic E-state index is 9.13. The topological polar surface area (TPSA) is 50.9 Å². The number of hydrogen-bond donors (Lipinski definition) is 2. The zero-order chi connectivity index (χ0) is 33.7. The smallest absolute Gasteiger partial charge is 0.0754 e. The van der Waals surface area contributed by atoms with E-state index < -0.39 is 5.41 Å². The number of benzene rings is 7. The summed E-state index contributed by atoms with van der Waals surface area (Å²) in [7, 11) is 0. The van der Waals surface area contributed by atoms with E-state index in [0.29, 0.717) is 11.4 Å². The molecule has 7 aromatic rings. The van der Waals surface area contributed by atoms with Gasteiger partial charge in [0, 0.05) is 11.3 Å². The van der Waals surface area contributed by atoms with Crippen LogP contribution in [-0.4, -0.2) is 11.4 Å². The van der Waals surface area contributed by atoms with Crippen molar-refractivity contribution in [1.29, 1.82) is 10.8 Å². The Labute approximate surface area is 292 Å². The molecule has 50 heavy (non-hydrogen) atoms. The largest absolute Gasteiger partial charge is 0.310 e. The molecular weight excluding hydrogens is 607 g/mol. The van der Waals surface area contributed by atoms with Gasteiger partial charge in [-0.15, -0.1) is 0 Å². The molecule has 2 N–H and O–H groups in total. The molecule has 3 heteroatoms. The average Bonchev–Trinajstić information content (AvgIpc) is 3.48. The molecule has 1 spiro atoms. The van der Waals surface area contributed by atoms with Gasteiger partial charge in [0.1, 0.15) is 0 Å². The van der Waals surface area contributed by atoms with Crippen LogP contribution in [0.1, 0.15) is 33.4 Å². The minimum atomic E-state index is -0.548. The predicted octanol–water partition coefficient (Wildman–Crippen LogP) is 11.5. The summed E-state index contributed by atoms with van der Waals surface area (Å²) in [5.74, 6) is 0. The first-order chi connectivity index (χ1) is 24.7. The van der Waals surface area contributed by atoms with E-state index in [1.807, 2.05) is 48.5 Å². The van der Waals surface area contributed by atoms with Crippen LogP contribution < -0.4 is 4.90 Å². The SMILES string of the molecule is N=C(/C=C\C(=N)c1ccccc1-c1ccc2c(c1)C1(c3ccccc3-2)c2ccccc2N(c2ccccc2)c2ccccc21)c1ccccc1. The molecule has 0 radical (unpaired) electrons. The van der Waals surface area contributed by atoms with Gasteiger partial charge in [0.05, 0.1) is 28.2 Å². The number of fused-ring (bicyclic) bond motifs is 9. The Bertz CT molecular complexity index is 2430. The molecular formula is C47H33N3. The van der Waals surface area contributed by atoms with Crippen LogP contribution in [-0.2, 0) is 5.41 Å². The fourth-order valence-electron chi connectivity index (χ4n) is 8.07. The van der Waals surface area contributed by atoms with E-state index in [4.69, 9.17) is 10.8 Å². The van der Waals surface area contributed by atoms with Gasteiger partial charge in [0.25, 0.3) is 0 Å². The molecule has 0 saturated carbocycles. The second kappa shape index (κ2) is 11.8. The number of allylic oxidation sites excluding steroid dienone is 2. The van der Waals surface area contributed by atoms with E-state index in [0.717, 1.165) is 27.9 Å². The van der Waals surface area contributed by atoms with Crippen LogP contribution in [0.2, 0.25) is 0 Å². The molecule has 0 unspecified atom stereocenters. The van der Waals surface area contributed by atoms with Crippen molar-refractivity contribution in [2.24, 2.45) is 0 Å². The van der Waals surface area contributed by atoms with E-state index in [9.17, 15) is 0 Å². The molecule has 7 aromatic carbocycles. The van der Waals surface area contributed by atoms with Crippen LogP contribution in [0.5, 0.6) is 0 Å². The first kappa shape index (κ1) is 29.6. The second-order valence-corrected chi connectivity index (χ2v) is 12.8. The van der Waals surface area contributed by atoms with Gasteiger partial charge in [-0.2, -0.15) is 0 Å². The van der Waals surface area contributed by atoms with Gasteiger partial charge in [-0.25, -0.2) is 0 Å². The fraction of sp³-hybridized carbons (Fsp3) is 0.0213. The summed E-state index contributed by atoms with van der Waals surface area (Å²) in [5, 5.41) is 17.7. The highest BCUT2D eigenvalue weighted by Gasteiger charge is 2.51. The normalized spacial score (nSPS) is 13.4. The van der Waals surface area contributed by atoms with Gasteiger partial charge >= 0.3 is 0 Å². The molecule has 0 saturated heterocycles. The maximum Gasteiger partial charge on any atom is 0.0754 e. The van der Waals surface area contributed by atoms with Gasteiger partial charge < -0.3 is 15.7 Å². The van der Waals surface area contributed by atoms with Crippen molar-refractivity contribution in [2.75, 3.05) is 4.90 Å². The Morgan fingerprint density at radius 3 is 1.66 bits per heavy atom. The Kier molecular flexibility index (Phi) is 6.99. The summed E-state index contributed by atoms with van der Waals surface area (Å²) >= 11 is 0. The zero-order valence-electron chi connectivity index (χ0n) is 27.3. The lowest BCUT2D eigenvalue weighted by atomic mass is 9.64. The molecule has 0 atom stereocenters. The van der Waals surface area contributed by atoms with Crippen LogP contribution in [0, 0.1) is 10.8 Å². The number of para-hydroxylation sites is 3. The Balaban J connectivity index is 1.24. The summed E-state index contributed by atoms with van der Waals surface area (Å²) in [5.41, 5.74) is 14.8. The molecule has 0 amide bonds. The van der Waals surface area contributed by atoms with Crippen LogP contribution in [0.25, 0.3) is 22.3 Å². The minimum Gasteiger partial charge on any atom is -0.310 e. The molecule has 3 nitrogen and oxygen atoms in total. The third-order valence-corrected chi connectivity index (χ3v) is 10.2. The van der Waals surface area contributed by atoms with Gasteiger partial charge in [0.15, 0.2) is 0 Å². The number of nitrogens with zero attached hydrogens (tertiary/aromatic N) is 1. The minimum absolute atomic E-state index is 0.367. The monoisotopic (exact) mass is 639 g/mol. The van der Waals surface area contributed by atoms with Gasteiger partial charge in [-0.05, 0) is 92.6 Å². The molecule has 9 rings (SSSR count). The number of nitrogens with one attached hydrogen (secondary N) is 2. The van der Waals surface area contributed by atoms with Crippen LogP contribution in [0.4, 0.5) is 17.1 Å².